The first-order valence-electron chi connectivity index (χ1n) is 7.25. The maximum atomic E-state index is 12.3. The number of nitrogens with zero attached hydrogens (tertiary/aromatic N) is 3. The first-order chi connectivity index (χ1) is 10.4. The van der Waals surface area contributed by atoms with E-state index in [4.69, 9.17) is 4.74 Å². The minimum atomic E-state index is -0.487. The molecule has 116 valence electrons. The summed E-state index contributed by atoms with van der Waals surface area (Å²) in [6.07, 6.45) is 3.90. The van der Waals surface area contributed by atoms with Gasteiger partial charge in [-0.05, 0) is 33.3 Å². The fourth-order valence-electron chi connectivity index (χ4n) is 2.41. The van der Waals surface area contributed by atoms with Crippen LogP contribution in [0.1, 0.15) is 26.3 Å². The number of aromatic nitrogens is 4. The molecule has 0 aliphatic carbocycles. The van der Waals surface area contributed by atoms with Crippen LogP contribution in [0.15, 0.2) is 18.5 Å². The Kier molecular flexibility index (Phi) is 3.56. The standard InChI is InChI=1S/C15H19N5O2/c1-15(2,3)22-14(21)9-7-10-11(13-16-5-4-6-17-13)19-20-12(10)18-8-9/h4-6,9H,7-8H2,1-3H3,(H2,18,19,20). The summed E-state index contributed by atoms with van der Waals surface area (Å²) in [5.41, 5.74) is 1.11. The normalized spacial score (nSPS) is 17.5. The third kappa shape index (κ3) is 2.93. The van der Waals surface area contributed by atoms with Crippen LogP contribution in [-0.4, -0.2) is 38.3 Å². The molecule has 0 bridgehead atoms. The summed E-state index contributed by atoms with van der Waals surface area (Å²) in [5.74, 6) is 0.924. The molecule has 0 spiro atoms. The topological polar surface area (TPSA) is 92.8 Å². The molecule has 2 aromatic rings. The number of carbonyl (C=O) groups is 1. The van der Waals surface area contributed by atoms with Gasteiger partial charge in [-0.1, -0.05) is 0 Å². The highest BCUT2D eigenvalue weighted by Gasteiger charge is 2.32. The van der Waals surface area contributed by atoms with Crippen molar-refractivity contribution in [2.24, 2.45) is 5.92 Å². The van der Waals surface area contributed by atoms with Crippen LogP contribution < -0.4 is 5.32 Å². The first kappa shape index (κ1) is 14.5. The number of carbonyl (C=O) groups excluding carboxylic acids is 1. The molecule has 1 aliphatic rings. The van der Waals surface area contributed by atoms with E-state index in [-0.39, 0.29) is 11.9 Å². The molecule has 0 fully saturated rings. The molecule has 3 rings (SSSR count). The van der Waals surface area contributed by atoms with Crippen LogP contribution in [0.25, 0.3) is 11.5 Å². The molecule has 2 N–H and O–H groups in total. The number of hydrogen-bond acceptors (Lipinski definition) is 6. The number of nitrogens with one attached hydrogen (secondary N) is 2. The monoisotopic (exact) mass is 301 g/mol. The van der Waals surface area contributed by atoms with Crippen LogP contribution in [0.3, 0.4) is 0 Å². The average Bonchev–Trinajstić information content (AvgIpc) is 2.89. The van der Waals surface area contributed by atoms with Crippen LogP contribution in [0.5, 0.6) is 0 Å². The second-order valence-corrected chi connectivity index (χ2v) is 6.31. The molecule has 0 saturated carbocycles. The summed E-state index contributed by atoms with van der Waals surface area (Å²) < 4.78 is 5.47. The minimum Gasteiger partial charge on any atom is -0.460 e. The fraction of sp³-hybridized carbons (Fsp3) is 0.467. The van der Waals surface area contributed by atoms with Crippen LogP contribution in [0, 0.1) is 5.92 Å². The Labute approximate surface area is 128 Å². The molecule has 0 saturated heterocycles. The van der Waals surface area contributed by atoms with Crippen molar-refractivity contribution in [2.45, 2.75) is 32.8 Å². The number of rotatable bonds is 2. The van der Waals surface area contributed by atoms with Crippen molar-refractivity contribution in [3.8, 4) is 11.5 Å². The summed E-state index contributed by atoms with van der Waals surface area (Å²) in [6, 6.07) is 1.75. The molecule has 3 heterocycles. The highest BCUT2D eigenvalue weighted by molar-refractivity contribution is 5.77. The highest BCUT2D eigenvalue weighted by atomic mass is 16.6. The number of ether oxygens (including phenoxy) is 1. The number of hydrogen-bond donors (Lipinski definition) is 2. The van der Waals surface area contributed by atoms with E-state index in [9.17, 15) is 4.79 Å². The Morgan fingerprint density at radius 1 is 1.32 bits per heavy atom. The zero-order chi connectivity index (χ0) is 15.7. The summed E-state index contributed by atoms with van der Waals surface area (Å²) in [5, 5.41) is 10.4. The molecule has 7 heteroatoms. The van der Waals surface area contributed by atoms with Crippen molar-refractivity contribution in [3.63, 3.8) is 0 Å². The Morgan fingerprint density at radius 3 is 2.73 bits per heavy atom. The van der Waals surface area contributed by atoms with Crippen LogP contribution in [-0.2, 0) is 16.0 Å². The van der Waals surface area contributed by atoms with Crippen LogP contribution in [0.2, 0.25) is 0 Å². The second kappa shape index (κ2) is 5.40. The number of aromatic amines is 1. The van der Waals surface area contributed by atoms with E-state index in [0.717, 1.165) is 11.4 Å². The molecule has 1 aliphatic heterocycles. The summed E-state index contributed by atoms with van der Waals surface area (Å²) in [6.45, 7) is 6.13. The molecule has 0 aromatic carbocycles. The Balaban J connectivity index is 1.83. The van der Waals surface area contributed by atoms with Gasteiger partial charge in [-0.3, -0.25) is 9.89 Å². The molecule has 0 amide bonds. The van der Waals surface area contributed by atoms with Gasteiger partial charge in [0, 0.05) is 24.5 Å². The Hall–Kier alpha value is -2.44. The van der Waals surface area contributed by atoms with Gasteiger partial charge in [0.25, 0.3) is 0 Å². The van der Waals surface area contributed by atoms with Gasteiger partial charge in [-0.2, -0.15) is 5.10 Å². The number of fused-ring (bicyclic) bond motifs is 1. The van der Waals surface area contributed by atoms with Crippen molar-refractivity contribution in [1.29, 1.82) is 0 Å². The quantitative estimate of drug-likeness (QED) is 0.822. The summed E-state index contributed by atoms with van der Waals surface area (Å²) in [4.78, 5) is 20.7. The van der Waals surface area contributed by atoms with E-state index in [1.807, 2.05) is 20.8 Å². The lowest BCUT2D eigenvalue weighted by atomic mass is 9.95. The van der Waals surface area contributed by atoms with E-state index in [0.29, 0.717) is 24.5 Å². The molecular formula is C15H19N5O2. The van der Waals surface area contributed by atoms with Gasteiger partial charge in [-0.25, -0.2) is 9.97 Å². The van der Waals surface area contributed by atoms with Gasteiger partial charge < -0.3 is 10.1 Å². The number of H-pyrrole nitrogens is 1. The van der Waals surface area contributed by atoms with Crippen molar-refractivity contribution in [1.82, 2.24) is 20.2 Å². The van der Waals surface area contributed by atoms with Crippen molar-refractivity contribution in [3.05, 3.63) is 24.0 Å². The van der Waals surface area contributed by atoms with E-state index in [1.165, 1.54) is 0 Å². The van der Waals surface area contributed by atoms with Crippen molar-refractivity contribution in [2.75, 3.05) is 11.9 Å². The van der Waals surface area contributed by atoms with E-state index in [2.05, 4.69) is 25.5 Å². The van der Waals surface area contributed by atoms with E-state index >= 15 is 0 Å². The second-order valence-electron chi connectivity index (χ2n) is 6.31. The van der Waals surface area contributed by atoms with Crippen LogP contribution in [0.4, 0.5) is 5.82 Å². The fourth-order valence-corrected chi connectivity index (χ4v) is 2.41. The maximum absolute atomic E-state index is 12.3. The molecule has 1 atom stereocenters. The van der Waals surface area contributed by atoms with Gasteiger partial charge in [0.15, 0.2) is 5.82 Å². The predicted molar refractivity (Wildman–Crippen MR) is 81.1 cm³/mol. The molecule has 7 nitrogen and oxygen atoms in total. The molecule has 0 radical (unpaired) electrons. The first-order valence-corrected chi connectivity index (χ1v) is 7.25. The Bertz CT molecular complexity index is 675. The van der Waals surface area contributed by atoms with Crippen LogP contribution >= 0.6 is 0 Å². The van der Waals surface area contributed by atoms with Gasteiger partial charge >= 0.3 is 5.97 Å². The lowest BCUT2D eigenvalue weighted by Gasteiger charge is -2.26. The van der Waals surface area contributed by atoms with E-state index < -0.39 is 5.60 Å². The predicted octanol–water partition coefficient (Wildman–Crippen LogP) is 1.79. The molecule has 2 aromatic heterocycles. The summed E-state index contributed by atoms with van der Waals surface area (Å²) >= 11 is 0. The zero-order valence-electron chi connectivity index (χ0n) is 12.9. The molecule has 22 heavy (non-hydrogen) atoms. The third-order valence-electron chi connectivity index (χ3n) is 3.36. The molecular weight excluding hydrogens is 282 g/mol. The molecule has 1 unspecified atom stereocenters. The van der Waals surface area contributed by atoms with Crippen molar-refractivity contribution >= 4 is 11.8 Å². The zero-order valence-corrected chi connectivity index (χ0v) is 12.9. The van der Waals surface area contributed by atoms with Gasteiger partial charge in [-0.15, -0.1) is 0 Å². The SMILES string of the molecule is CC(C)(C)OC(=O)C1CNc2[nH]nc(-c3ncccn3)c2C1. The number of esters is 1. The van der Waals surface area contributed by atoms with E-state index in [1.54, 1.807) is 18.5 Å². The van der Waals surface area contributed by atoms with Crippen molar-refractivity contribution < 1.29 is 9.53 Å². The third-order valence-corrected chi connectivity index (χ3v) is 3.36. The maximum Gasteiger partial charge on any atom is 0.311 e. The number of anilines is 1. The van der Waals surface area contributed by atoms with Gasteiger partial charge in [0.05, 0.1) is 5.92 Å². The Morgan fingerprint density at radius 2 is 2.05 bits per heavy atom. The lowest BCUT2D eigenvalue weighted by Crippen LogP contribution is -2.35. The largest absolute Gasteiger partial charge is 0.460 e. The smallest absolute Gasteiger partial charge is 0.311 e. The van der Waals surface area contributed by atoms with Gasteiger partial charge in [0.1, 0.15) is 17.1 Å². The average molecular weight is 301 g/mol. The highest BCUT2D eigenvalue weighted by Crippen LogP contribution is 2.31. The summed E-state index contributed by atoms with van der Waals surface area (Å²) in [7, 11) is 0. The van der Waals surface area contributed by atoms with Gasteiger partial charge in [0.2, 0.25) is 0 Å². The minimum absolute atomic E-state index is 0.202. The lowest BCUT2D eigenvalue weighted by molar-refractivity contribution is -0.159.